The van der Waals surface area contributed by atoms with Crippen LogP contribution in [0.4, 0.5) is 11.4 Å². The molecule has 0 aliphatic carbocycles. The molecule has 0 bridgehead atoms. The maximum absolute atomic E-state index is 6.04. The van der Waals surface area contributed by atoms with Gasteiger partial charge in [-0.25, -0.2) is 0 Å². The standard InChI is InChI=1S/C16H27N3O2/c1-20-12-4-13-21-14-11-18-7-9-19(10-8-18)16-6-3-2-5-15(16)17/h2-3,5-6H,4,7-14,17H2,1H3. The molecule has 0 spiro atoms. The molecular formula is C16H27N3O2. The number of anilines is 2. The monoisotopic (exact) mass is 293 g/mol. The summed E-state index contributed by atoms with van der Waals surface area (Å²) in [6.45, 7) is 7.55. The van der Waals surface area contributed by atoms with Crippen molar-refractivity contribution in [3.8, 4) is 0 Å². The summed E-state index contributed by atoms with van der Waals surface area (Å²) in [5.41, 5.74) is 8.07. The maximum atomic E-state index is 6.04. The summed E-state index contributed by atoms with van der Waals surface area (Å²) in [5, 5.41) is 0. The first kappa shape index (κ1) is 16.1. The lowest BCUT2D eigenvalue weighted by molar-refractivity contribution is 0.0824. The number of hydrogen-bond donors (Lipinski definition) is 1. The van der Waals surface area contributed by atoms with Gasteiger partial charge in [0, 0.05) is 53.0 Å². The number of hydrogen-bond acceptors (Lipinski definition) is 5. The Bertz CT molecular complexity index is 406. The van der Waals surface area contributed by atoms with E-state index in [1.807, 2.05) is 18.2 Å². The van der Waals surface area contributed by atoms with Gasteiger partial charge in [-0.05, 0) is 18.6 Å². The second-order valence-electron chi connectivity index (χ2n) is 5.35. The lowest BCUT2D eigenvalue weighted by Gasteiger charge is -2.36. The lowest BCUT2D eigenvalue weighted by atomic mass is 10.2. The van der Waals surface area contributed by atoms with Crippen LogP contribution in [0.5, 0.6) is 0 Å². The Morgan fingerprint density at radius 1 is 1.05 bits per heavy atom. The lowest BCUT2D eigenvalue weighted by Crippen LogP contribution is -2.47. The van der Waals surface area contributed by atoms with E-state index in [1.165, 1.54) is 0 Å². The SMILES string of the molecule is COCCCOCCN1CCN(c2ccccc2N)CC1. The number of para-hydroxylation sites is 2. The molecule has 1 fully saturated rings. The quantitative estimate of drug-likeness (QED) is 0.581. The Morgan fingerprint density at radius 3 is 2.52 bits per heavy atom. The van der Waals surface area contributed by atoms with Gasteiger partial charge in [0.05, 0.1) is 18.0 Å². The predicted molar refractivity (Wildman–Crippen MR) is 86.8 cm³/mol. The zero-order valence-corrected chi connectivity index (χ0v) is 13.0. The molecule has 1 saturated heterocycles. The van der Waals surface area contributed by atoms with E-state index in [2.05, 4.69) is 15.9 Å². The minimum atomic E-state index is 0.775. The highest BCUT2D eigenvalue weighted by atomic mass is 16.5. The van der Waals surface area contributed by atoms with Crippen LogP contribution in [0.15, 0.2) is 24.3 Å². The van der Waals surface area contributed by atoms with E-state index in [0.717, 1.165) is 70.3 Å². The van der Waals surface area contributed by atoms with Gasteiger partial charge in [0.25, 0.3) is 0 Å². The molecule has 0 radical (unpaired) electrons. The molecule has 1 aliphatic rings. The average Bonchev–Trinajstić information content (AvgIpc) is 2.52. The second kappa shape index (κ2) is 8.87. The first-order chi connectivity index (χ1) is 10.3. The number of ether oxygens (including phenoxy) is 2. The molecule has 0 unspecified atom stereocenters. The topological polar surface area (TPSA) is 51.0 Å². The van der Waals surface area contributed by atoms with Crippen LogP contribution < -0.4 is 10.6 Å². The summed E-state index contributed by atoms with van der Waals surface area (Å²) in [4.78, 5) is 4.82. The van der Waals surface area contributed by atoms with Gasteiger partial charge >= 0.3 is 0 Å². The third kappa shape index (κ3) is 5.19. The molecule has 21 heavy (non-hydrogen) atoms. The van der Waals surface area contributed by atoms with E-state index in [-0.39, 0.29) is 0 Å². The molecule has 0 atom stereocenters. The van der Waals surface area contributed by atoms with E-state index in [1.54, 1.807) is 7.11 Å². The average molecular weight is 293 g/mol. The first-order valence-electron chi connectivity index (χ1n) is 7.70. The van der Waals surface area contributed by atoms with E-state index in [0.29, 0.717) is 0 Å². The van der Waals surface area contributed by atoms with E-state index in [4.69, 9.17) is 15.2 Å². The maximum Gasteiger partial charge on any atom is 0.0600 e. The van der Waals surface area contributed by atoms with E-state index < -0.39 is 0 Å². The van der Waals surface area contributed by atoms with Crippen molar-refractivity contribution in [1.82, 2.24) is 4.90 Å². The molecule has 0 saturated carbocycles. The molecule has 5 nitrogen and oxygen atoms in total. The molecular weight excluding hydrogens is 266 g/mol. The highest BCUT2D eigenvalue weighted by Crippen LogP contribution is 2.23. The number of nitrogens with two attached hydrogens (primary N) is 1. The van der Waals surface area contributed by atoms with Crippen molar-refractivity contribution in [2.24, 2.45) is 0 Å². The van der Waals surface area contributed by atoms with Crippen LogP contribution in [-0.2, 0) is 9.47 Å². The van der Waals surface area contributed by atoms with E-state index >= 15 is 0 Å². The molecule has 1 aliphatic heterocycles. The van der Waals surface area contributed by atoms with Crippen LogP contribution in [-0.4, -0.2) is 64.6 Å². The van der Waals surface area contributed by atoms with Crippen molar-refractivity contribution >= 4 is 11.4 Å². The third-order valence-corrected chi connectivity index (χ3v) is 3.84. The molecule has 5 heteroatoms. The summed E-state index contributed by atoms with van der Waals surface area (Å²) in [6.07, 6.45) is 0.970. The fourth-order valence-corrected chi connectivity index (χ4v) is 2.59. The zero-order chi connectivity index (χ0) is 14.9. The Hall–Kier alpha value is -1.30. The van der Waals surface area contributed by atoms with Crippen LogP contribution in [0, 0.1) is 0 Å². The molecule has 1 heterocycles. The number of rotatable bonds is 8. The van der Waals surface area contributed by atoms with Crippen molar-refractivity contribution in [3.05, 3.63) is 24.3 Å². The number of methoxy groups -OCH3 is 1. The van der Waals surface area contributed by atoms with Gasteiger partial charge in [-0.3, -0.25) is 4.90 Å². The Morgan fingerprint density at radius 2 is 1.81 bits per heavy atom. The van der Waals surface area contributed by atoms with Crippen LogP contribution in [0.2, 0.25) is 0 Å². The van der Waals surface area contributed by atoms with Crippen molar-refractivity contribution in [2.45, 2.75) is 6.42 Å². The molecule has 0 amide bonds. The number of piperazine rings is 1. The number of nitrogens with zero attached hydrogens (tertiary/aromatic N) is 2. The van der Waals surface area contributed by atoms with Crippen molar-refractivity contribution in [3.63, 3.8) is 0 Å². The van der Waals surface area contributed by atoms with Crippen molar-refractivity contribution < 1.29 is 9.47 Å². The van der Waals surface area contributed by atoms with Crippen LogP contribution in [0.3, 0.4) is 0 Å². The minimum absolute atomic E-state index is 0.775. The van der Waals surface area contributed by atoms with Gasteiger partial charge in [0.1, 0.15) is 0 Å². The minimum Gasteiger partial charge on any atom is -0.397 e. The van der Waals surface area contributed by atoms with Crippen molar-refractivity contribution in [1.29, 1.82) is 0 Å². The van der Waals surface area contributed by atoms with Gasteiger partial charge in [-0.1, -0.05) is 12.1 Å². The summed E-state index contributed by atoms with van der Waals surface area (Å²) in [5.74, 6) is 0. The molecule has 0 aromatic heterocycles. The third-order valence-electron chi connectivity index (χ3n) is 3.84. The molecule has 118 valence electrons. The Balaban J connectivity index is 1.63. The van der Waals surface area contributed by atoms with Gasteiger partial charge in [-0.15, -0.1) is 0 Å². The van der Waals surface area contributed by atoms with Gasteiger partial charge < -0.3 is 20.1 Å². The number of nitrogen functional groups attached to an aromatic ring is 1. The summed E-state index contributed by atoms with van der Waals surface area (Å²) in [6, 6.07) is 8.10. The normalized spacial score (nSPS) is 16.3. The van der Waals surface area contributed by atoms with Gasteiger partial charge in [0.2, 0.25) is 0 Å². The summed E-state index contributed by atoms with van der Waals surface area (Å²) >= 11 is 0. The largest absolute Gasteiger partial charge is 0.397 e. The van der Waals surface area contributed by atoms with Crippen molar-refractivity contribution in [2.75, 3.05) is 70.3 Å². The summed E-state index contributed by atoms with van der Waals surface area (Å²) < 4.78 is 10.6. The molecule has 1 aromatic carbocycles. The van der Waals surface area contributed by atoms with Crippen LogP contribution in [0.25, 0.3) is 0 Å². The smallest absolute Gasteiger partial charge is 0.0600 e. The van der Waals surface area contributed by atoms with Crippen LogP contribution in [0.1, 0.15) is 6.42 Å². The zero-order valence-electron chi connectivity index (χ0n) is 13.0. The highest BCUT2D eigenvalue weighted by Gasteiger charge is 2.17. The number of benzene rings is 1. The molecule has 1 aromatic rings. The Kier molecular flexibility index (Phi) is 6.79. The predicted octanol–water partition coefficient (Wildman–Crippen LogP) is 1.44. The Labute approximate surface area is 127 Å². The van der Waals surface area contributed by atoms with E-state index in [9.17, 15) is 0 Å². The molecule has 2 N–H and O–H groups in total. The second-order valence-corrected chi connectivity index (χ2v) is 5.35. The first-order valence-corrected chi connectivity index (χ1v) is 7.70. The fraction of sp³-hybridized carbons (Fsp3) is 0.625. The molecule has 2 rings (SSSR count). The summed E-state index contributed by atoms with van der Waals surface area (Å²) in [7, 11) is 1.72. The van der Waals surface area contributed by atoms with Gasteiger partial charge in [0.15, 0.2) is 0 Å². The highest BCUT2D eigenvalue weighted by molar-refractivity contribution is 5.67. The van der Waals surface area contributed by atoms with Gasteiger partial charge in [-0.2, -0.15) is 0 Å². The van der Waals surface area contributed by atoms with Crippen LogP contribution >= 0.6 is 0 Å². The fourth-order valence-electron chi connectivity index (χ4n) is 2.59.